The molecule has 7 heteroatoms. The van der Waals surface area contributed by atoms with Crippen LogP contribution in [0, 0.1) is 17.8 Å². The summed E-state index contributed by atoms with van der Waals surface area (Å²) in [6.45, 7) is 8.03. The number of ether oxygens (including phenoxy) is 3. The van der Waals surface area contributed by atoms with Gasteiger partial charge in [-0.2, -0.15) is 0 Å². The van der Waals surface area contributed by atoms with Crippen LogP contribution in [0.15, 0.2) is 60.7 Å². The molecule has 5 atom stereocenters. The zero-order valence-corrected chi connectivity index (χ0v) is 21.4. The Morgan fingerprint density at radius 3 is 2.28 bits per heavy atom. The molecule has 2 aliphatic heterocycles. The van der Waals surface area contributed by atoms with Crippen molar-refractivity contribution in [1.29, 1.82) is 0 Å². The van der Waals surface area contributed by atoms with Crippen LogP contribution in [0.2, 0.25) is 0 Å². The number of esters is 1. The summed E-state index contributed by atoms with van der Waals surface area (Å²) in [6.07, 6.45) is -0.149. The van der Waals surface area contributed by atoms with E-state index in [1.807, 2.05) is 81.4 Å². The number of carbonyl (C=O) groups excluding carboxylic acids is 3. The van der Waals surface area contributed by atoms with Crippen molar-refractivity contribution < 1.29 is 28.6 Å². The van der Waals surface area contributed by atoms with Gasteiger partial charge in [-0.25, -0.2) is 14.5 Å². The van der Waals surface area contributed by atoms with Gasteiger partial charge in [0.15, 0.2) is 5.60 Å². The number of hydrogen-bond acceptors (Lipinski definition) is 6. The van der Waals surface area contributed by atoms with Gasteiger partial charge in [0, 0.05) is 5.92 Å². The van der Waals surface area contributed by atoms with Crippen molar-refractivity contribution in [3.05, 3.63) is 71.8 Å². The summed E-state index contributed by atoms with van der Waals surface area (Å²) in [6, 6.07) is 18.3. The lowest BCUT2D eigenvalue weighted by atomic mass is 9.72. The Balaban J connectivity index is 1.91. The van der Waals surface area contributed by atoms with E-state index in [4.69, 9.17) is 14.2 Å². The third kappa shape index (κ3) is 4.41. The van der Waals surface area contributed by atoms with E-state index in [1.54, 1.807) is 6.92 Å². The number of rotatable bonds is 8. The quantitative estimate of drug-likeness (QED) is 0.467. The van der Waals surface area contributed by atoms with E-state index in [0.717, 1.165) is 5.56 Å². The summed E-state index contributed by atoms with van der Waals surface area (Å²) < 4.78 is 17.7. The smallest absolute Gasteiger partial charge is 0.416 e. The van der Waals surface area contributed by atoms with Crippen molar-refractivity contribution in [2.24, 2.45) is 17.8 Å². The van der Waals surface area contributed by atoms with Crippen LogP contribution in [-0.2, 0) is 29.4 Å². The molecule has 192 valence electrons. The van der Waals surface area contributed by atoms with Gasteiger partial charge in [0.1, 0.15) is 6.61 Å². The second-order valence-corrected chi connectivity index (χ2v) is 9.79. The van der Waals surface area contributed by atoms with Gasteiger partial charge >= 0.3 is 12.1 Å². The molecule has 2 heterocycles. The normalized spacial score (nSPS) is 27.8. The summed E-state index contributed by atoms with van der Waals surface area (Å²) in [5.41, 5.74) is -0.0827. The van der Waals surface area contributed by atoms with E-state index in [9.17, 15) is 14.4 Å². The maximum absolute atomic E-state index is 14.3. The molecular weight excluding hydrogens is 458 g/mol. The Morgan fingerprint density at radius 2 is 1.69 bits per heavy atom. The Bertz CT molecular complexity index is 1070. The molecule has 2 aromatic rings. The average molecular weight is 494 g/mol. The number of benzene rings is 2. The van der Waals surface area contributed by atoms with Crippen molar-refractivity contribution in [2.75, 3.05) is 13.2 Å². The highest BCUT2D eigenvalue weighted by Gasteiger charge is 2.64. The largest absolute Gasteiger partial charge is 0.464 e. The third-order valence-corrected chi connectivity index (χ3v) is 7.30. The topological polar surface area (TPSA) is 82.1 Å². The van der Waals surface area contributed by atoms with E-state index in [1.165, 1.54) is 4.90 Å². The second-order valence-electron chi connectivity index (χ2n) is 9.79. The van der Waals surface area contributed by atoms with Crippen molar-refractivity contribution in [1.82, 2.24) is 4.90 Å². The zero-order chi connectivity index (χ0) is 25.9. The molecule has 0 aliphatic carbocycles. The van der Waals surface area contributed by atoms with Gasteiger partial charge in [-0.05, 0) is 30.4 Å². The first kappa shape index (κ1) is 25.9. The molecule has 2 aromatic carbocycles. The van der Waals surface area contributed by atoms with Gasteiger partial charge in [-0.3, -0.25) is 4.79 Å². The molecule has 0 saturated carbocycles. The number of hydrogen-bond donors (Lipinski definition) is 0. The van der Waals surface area contributed by atoms with Crippen molar-refractivity contribution >= 4 is 18.0 Å². The highest BCUT2D eigenvalue weighted by Crippen LogP contribution is 2.56. The second kappa shape index (κ2) is 10.8. The predicted molar refractivity (Wildman–Crippen MR) is 134 cm³/mol. The number of carbonyl (C=O) groups is 3. The standard InChI is InChI=1S/C29H35NO6/c1-5-13-22-24(26(31)30-23(19(3)4)18-35-28(30)33)25(20-14-9-7-10-15-20)36-29(22,27(32)34-6-2)21-16-11-8-12-17-21/h7-12,14-17,19,22-25H,5-6,13,18H2,1-4H3/t22-,23+,24-,25-,29-/m0/s1. The van der Waals surface area contributed by atoms with Crippen molar-refractivity contribution in [2.45, 2.75) is 58.3 Å². The van der Waals surface area contributed by atoms with Crippen LogP contribution < -0.4 is 0 Å². The number of cyclic esters (lactones) is 1. The van der Waals surface area contributed by atoms with Crippen molar-refractivity contribution in [3.63, 3.8) is 0 Å². The van der Waals surface area contributed by atoms with E-state index in [-0.39, 0.29) is 31.1 Å². The molecule has 0 unspecified atom stereocenters. The lowest BCUT2D eigenvalue weighted by Crippen LogP contribution is -2.49. The fourth-order valence-corrected chi connectivity index (χ4v) is 5.60. The van der Waals surface area contributed by atoms with Crippen LogP contribution in [0.1, 0.15) is 57.8 Å². The van der Waals surface area contributed by atoms with Crippen LogP contribution in [0.25, 0.3) is 0 Å². The molecule has 7 nitrogen and oxygen atoms in total. The molecule has 2 fully saturated rings. The molecule has 36 heavy (non-hydrogen) atoms. The SMILES string of the molecule is CCC[C@H]1[C@H](C(=O)N2C(=O)OC[C@@H]2C(C)C)[C@H](c2ccccc2)O[C@@]1(C(=O)OCC)c1ccccc1. The molecule has 0 N–H and O–H groups in total. The number of amides is 2. The summed E-state index contributed by atoms with van der Waals surface area (Å²) in [5, 5.41) is 0. The van der Waals surface area contributed by atoms with Gasteiger partial charge in [0.25, 0.3) is 0 Å². The minimum Gasteiger partial charge on any atom is -0.464 e. The highest BCUT2D eigenvalue weighted by molar-refractivity contribution is 5.96. The maximum atomic E-state index is 14.3. The van der Waals surface area contributed by atoms with Crippen LogP contribution in [-0.4, -0.2) is 42.1 Å². The Labute approximate surface area is 212 Å². The minimum absolute atomic E-state index is 0.0199. The monoisotopic (exact) mass is 493 g/mol. The molecule has 2 saturated heterocycles. The molecule has 2 amide bonds. The molecular formula is C29H35NO6. The molecule has 0 bridgehead atoms. The number of imide groups is 1. The van der Waals surface area contributed by atoms with Gasteiger partial charge in [0.2, 0.25) is 5.91 Å². The average Bonchev–Trinajstić information content (AvgIpc) is 3.44. The van der Waals surface area contributed by atoms with Crippen LogP contribution in [0.5, 0.6) is 0 Å². The lowest BCUT2D eigenvalue weighted by Gasteiger charge is -2.34. The fraction of sp³-hybridized carbons (Fsp3) is 0.483. The Hall–Kier alpha value is -3.19. The first-order chi connectivity index (χ1) is 17.4. The van der Waals surface area contributed by atoms with E-state index >= 15 is 0 Å². The Morgan fingerprint density at radius 1 is 1.06 bits per heavy atom. The van der Waals surface area contributed by atoms with Crippen LogP contribution >= 0.6 is 0 Å². The fourth-order valence-electron chi connectivity index (χ4n) is 5.60. The van der Waals surface area contributed by atoms with Gasteiger partial charge in [0.05, 0.1) is 24.7 Å². The molecule has 4 rings (SSSR count). The summed E-state index contributed by atoms with van der Waals surface area (Å²) in [4.78, 5) is 42.2. The lowest BCUT2D eigenvalue weighted by molar-refractivity contribution is -0.177. The predicted octanol–water partition coefficient (Wildman–Crippen LogP) is 5.25. The third-order valence-electron chi connectivity index (χ3n) is 7.30. The Kier molecular flexibility index (Phi) is 7.79. The summed E-state index contributed by atoms with van der Waals surface area (Å²) in [5.74, 6) is -2.21. The van der Waals surface area contributed by atoms with E-state index in [2.05, 4.69) is 0 Å². The van der Waals surface area contributed by atoms with E-state index < -0.39 is 35.6 Å². The molecule has 2 aliphatic rings. The molecule has 0 aromatic heterocycles. The molecule has 0 spiro atoms. The molecule has 0 radical (unpaired) electrons. The van der Waals surface area contributed by atoms with Gasteiger partial charge < -0.3 is 14.2 Å². The van der Waals surface area contributed by atoms with Gasteiger partial charge in [-0.1, -0.05) is 87.9 Å². The van der Waals surface area contributed by atoms with Crippen LogP contribution in [0.4, 0.5) is 4.79 Å². The minimum atomic E-state index is -1.49. The summed E-state index contributed by atoms with van der Waals surface area (Å²) >= 11 is 0. The maximum Gasteiger partial charge on any atom is 0.416 e. The van der Waals surface area contributed by atoms with Crippen LogP contribution in [0.3, 0.4) is 0 Å². The first-order valence-corrected chi connectivity index (χ1v) is 12.8. The van der Waals surface area contributed by atoms with E-state index in [0.29, 0.717) is 18.4 Å². The number of nitrogens with zero attached hydrogens (tertiary/aromatic N) is 1. The zero-order valence-electron chi connectivity index (χ0n) is 21.4. The first-order valence-electron chi connectivity index (χ1n) is 12.8. The van der Waals surface area contributed by atoms with Crippen molar-refractivity contribution in [3.8, 4) is 0 Å². The van der Waals surface area contributed by atoms with Gasteiger partial charge in [-0.15, -0.1) is 0 Å². The highest BCUT2D eigenvalue weighted by atomic mass is 16.6. The summed E-state index contributed by atoms with van der Waals surface area (Å²) in [7, 11) is 0.